The van der Waals surface area contributed by atoms with Crippen molar-refractivity contribution in [1.82, 2.24) is 15.6 Å². The quantitative estimate of drug-likeness (QED) is 0.636. The molecule has 0 amide bonds. The summed E-state index contributed by atoms with van der Waals surface area (Å²) in [6, 6.07) is 4.90. The van der Waals surface area contributed by atoms with Gasteiger partial charge < -0.3 is 15.5 Å². The van der Waals surface area contributed by atoms with Crippen LogP contribution in [0, 0.1) is 5.92 Å². The van der Waals surface area contributed by atoms with Gasteiger partial charge in [0.2, 0.25) is 0 Å². The zero-order valence-corrected chi connectivity index (χ0v) is 15.8. The van der Waals surface area contributed by atoms with Crippen molar-refractivity contribution in [1.29, 1.82) is 0 Å². The smallest absolute Gasteiger partial charge is 0.191 e. The van der Waals surface area contributed by atoms with Crippen molar-refractivity contribution < 1.29 is 0 Å². The van der Waals surface area contributed by atoms with Gasteiger partial charge in [0.25, 0.3) is 0 Å². The number of rotatable bonds is 5. The van der Waals surface area contributed by atoms with Gasteiger partial charge in [0.15, 0.2) is 5.96 Å². The molecule has 0 spiro atoms. The van der Waals surface area contributed by atoms with Crippen LogP contribution >= 0.6 is 0 Å². The lowest BCUT2D eigenvalue weighted by Crippen LogP contribution is -2.42. The van der Waals surface area contributed by atoms with Crippen molar-refractivity contribution in [2.75, 3.05) is 24.5 Å². The Morgan fingerprint density at radius 3 is 2.60 bits per heavy atom. The van der Waals surface area contributed by atoms with E-state index in [2.05, 4.69) is 46.5 Å². The summed E-state index contributed by atoms with van der Waals surface area (Å²) in [6.07, 6.45) is 9.70. The van der Waals surface area contributed by atoms with Gasteiger partial charge >= 0.3 is 0 Å². The lowest BCUT2D eigenvalue weighted by molar-refractivity contribution is 0.436. The first-order valence-electron chi connectivity index (χ1n) is 9.99. The van der Waals surface area contributed by atoms with E-state index < -0.39 is 0 Å². The predicted octanol–water partition coefficient (Wildman–Crippen LogP) is 3.32. The second-order valence-electron chi connectivity index (χ2n) is 7.52. The molecular weight excluding hydrogens is 310 g/mol. The van der Waals surface area contributed by atoms with E-state index in [1.165, 1.54) is 38.5 Å². The van der Waals surface area contributed by atoms with Gasteiger partial charge in [0, 0.05) is 31.9 Å². The Morgan fingerprint density at radius 2 is 1.96 bits per heavy atom. The zero-order valence-electron chi connectivity index (χ0n) is 15.8. The molecule has 0 bridgehead atoms. The SMILES string of the molecule is CCNC(=NCc1ccc(N2CCC(C)CC2)nc1)NC1CCCC1. The van der Waals surface area contributed by atoms with Gasteiger partial charge in [-0.2, -0.15) is 0 Å². The van der Waals surface area contributed by atoms with Gasteiger partial charge in [-0.1, -0.05) is 25.8 Å². The maximum Gasteiger partial charge on any atom is 0.191 e. The van der Waals surface area contributed by atoms with E-state index in [0.29, 0.717) is 12.6 Å². The van der Waals surface area contributed by atoms with Crippen molar-refractivity contribution in [3.05, 3.63) is 23.9 Å². The van der Waals surface area contributed by atoms with Gasteiger partial charge in [0.1, 0.15) is 5.82 Å². The van der Waals surface area contributed by atoms with E-state index in [1.54, 1.807) is 0 Å². The summed E-state index contributed by atoms with van der Waals surface area (Å²) >= 11 is 0. The Labute approximate surface area is 152 Å². The molecule has 0 aromatic carbocycles. The molecule has 1 aliphatic carbocycles. The number of aliphatic imine (C=N–C) groups is 1. The highest BCUT2D eigenvalue weighted by molar-refractivity contribution is 5.80. The minimum Gasteiger partial charge on any atom is -0.357 e. The first-order valence-corrected chi connectivity index (χ1v) is 9.99. The fourth-order valence-corrected chi connectivity index (χ4v) is 3.69. The number of pyridine rings is 1. The van der Waals surface area contributed by atoms with Crippen molar-refractivity contribution in [3.63, 3.8) is 0 Å². The topological polar surface area (TPSA) is 52.6 Å². The van der Waals surface area contributed by atoms with Crippen molar-refractivity contribution in [3.8, 4) is 0 Å². The highest BCUT2D eigenvalue weighted by atomic mass is 15.2. The van der Waals surface area contributed by atoms with E-state index in [-0.39, 0.29) is 0 Å². The zero-order chi connectivity index (χ0) is 17.5. The first kappa shape index (κ1) is 18.0. The maximum atomic E-state index is 4.74. The normalized spacial score (nSPS) is 20.1. The molecule has 3 rings (SSSR count). The van der Waals surface area contributed by atoms with Crippen molar-refractivity contribution >= 4 is 11.8 Å². The highest BCUT2D eigenvalue weighted by Gasteiger charge is 2.17. The molecule has 5 heteroatoms. The summed E-state index contributed by atoms with van der Waals surface area (Å²) < 4.78 is 0. The fraction of sp³-hybridized carbons (Fsp3) is 0.700. The number of nitrogens with zero attached hydrogens (tertiary/aromatic N) is 3. The Hall–Kier alpha value is -1.78. The number of aromatic nitrogens is 1. The van der Waals surface area contributed by atoms with Gasteiger partial charge in [0.05, 0.1) is 6.54 Å². The molecule has 5 nitrogen and oxygen atoms in total. The fourth-order valence-electron chi connectivity index (χ4n) is 3.69. The number of hydrogen-bond acceptors (Lipinski definition) is 3. The largest absolute Gasteiger partial charge is 0.357 e. The standard InChI is InChI=1S/C20H33N5/c1-3-21-20(24-18-6-4-5-7-18)23-15-17-8-9-19(22-14-17)25-12-10-16(2)11-13-25/h8-9,14,16,18H,3-7,10-13,15H2,1-2H3,(H2,21,23,24). The summed E-state index contributed by atoms with van der Waals surface area (Å²) in [4.78, 5) is 11.8. The summed E-state index contributed by atoms with van der Waals surface area (Å²) in [5.41, 5.74) is 1.16. The molecule has 2 fully saturated rings. The van der Waals surface area contributed by atoms with E-state index >= 15 is 0 Å². The van der Waals surface area contributed by atoms with Crippen LogP contribution in [0.1, 0.15) is 57.9 Å². The van der Waals surface area contributed by atoms with Crippen LogP contribution in [0.2, 0.25) is 0 Å². The molecule has 0 radical (unpaired) electrons. The maximum absolute atomic E-state index is 4.74. The van der Waals surface area contributed by atoms with Gasteiger partial charge in [-0.3, -0.25) is 0 Å². The Balaban J connectivity index is 1.55. The van der Waals surface area contributed by atoms with E-state index in [1.807, 2.05) is 6.20 Å². The molecule has 0 unspecified atom stereocenters. The molecule has 1 aromatic heterocycles. The third kappa shape index (κ3) is 5.35. The first-order chi connectivity index (χ1) is 12.2. The van der Waals surface area contributed by atoms with Crippen LogP contribution in [0.4, 0.5) is 5.82 Å². The minimum atomic E-state index is 0.583. The van der Waals surface area contributed by atoms with Crippen LogP contribution < -0.4 is 15.5 Å². The molecule has 1 aromatic rings. The van der Waals surface area contributed by atoms with Crippen LogP contribution in [0.3, 0.4) is 0 Å². The molecular formula is C20H33N5. The summed E-state index contributed by atoms with van der Waals surface area (Å²) in [7, 11) is 0. The molecule has 0 atom stereocenters. The molecule has 1 saturated carbocycles. The van der Waals surface area contributed by atoms with Crippen LogP contribution in [0.15, 0.2) is 23.3 Å². The summed E-state index contributed by atoms with van der Waals surface area (Å²) in [5, 5.41) is 6.92. The lowest BCUT2D eigenvalue weighted by atomic mass is 9.99. The highest BCUT2D eigenvalue weighted by Crippen LogP contribution is 2.21. The number of piperidine rings is 1. The average Bonchev–Trinajstić information content (AvgIpc) is 3.14. The van der Waals surface area contributed by atoms with Gasteiger partial charge in [-0.05, 0) is 50.2 Å². The lowest BCUT2D eigenvalue weighted by Gasteiger charge is -2.31. The van der Waals surface area contributed by atoms with Crippen LogP contribution in [-0.2, 0) is 6.54 Å². The number of nitrogens with one attached hydrogen (secondary N) is 2. The third-order valence-corrected chi connectivity index (χ3v) is 5.38. The summed E-state index contributed by atoms with van der Waals surface area (Å²) in [6.45, 7) is 8.27. The summed E-state index contributed by atoms with van der Waals surface area (Å²) in [5.74, 6) is 2.89. The van der Waals surface area contributed by atoms with Crippen LogP contribution in [-0.4, -0.2) is 36.6 Å². The van der Waals surface area contributed by atoms with Crippen LogP contribution in [0.5, 0.6) is 0 Å². The van der Waals surface area contributed by atoms with Crippen LogP contribution in [0.25, 0.3) is 0 Å². The van der Waals surface area contributed by atoms with E-state index in [4.69, 9.17) is 4.99 Å². The van der Waals surface area contributed by atoms with Crippen molar-refractivity contribution in [2.24, 2.45) is 10.9 Å². The molecule has 1 aliphatic heterocycles. The molecule has 1 saturated heterocycles. The molecule has 25 heavy (non-hydrogen) atoms. The second kappa shape index (κ2) is 9.07. The molecule has 2 heterocycles. The third-order valence-electron chi connectivity index (χ3n) is 5.38. The van der Waals surface area contributed by atoms with E-state index in [9.17, 15) is 0 Å². The average molecular weight is 344 g/mol. The monoisotopic (exact) mass is 343 g/mol. The Bertz CT molecular complexity index is 540. The second-order valence-corrected chi connectivity index (χ2v) is 7.52. The molecule has 2 N–H and O–H groups in total. The molecule has 2 aliphatic rings. The van der Waals surface area contributed by atoms with Gasteiger partial charge in [-0.15, -0.1) is 0 Å². The Kier molecular flexibility index (Phi) is 6.54. The van der Waals surface area contributed by atoms with E-state index in [0.717, 1.165) is 42.9 Å². The molecule has 138 valence electrons. The number of hydrogen-bond donors (Lipinski definition) is 2. The van der Waals surface area contributed by atoms with Crippen molar-refractivity contribution in [2.45, 2.75) is 65.0 Å². The number of guanidine groups is 1. The Morgan fingerprint density at radius 1 is 1.20 bits per heavy atom. The van der Waals surface area contributed by atoms with Gasteiger partial charge in [-0.25, -0.2) is 9.98 Å². The number of anilines is 1. The predicted molar refractivity (Wildman–Crippen MR) is 105 cm³/mol. The minimum absolute atomic E-state index is 0.583.